The van der Waals surface area contributed by atoms with Crippen LogP contribution in [0.3, 0.4) is 0 Å². The third kappa shape index (κ3) is 40.4. The Hall–Kier alpha value is -10.9. The Morgan fingerprint density at radius 1 is 0.387 bits per heavy atom. The Morgan fingerprint density at radius 3 is 1.13 bits per heavy atom. The maximum Gasteiger partial charge on any atom is 0.326 e. The lowest BCUT2D eigenvalue weighted by molar-refractivity contribution is -0.144. The van der Waals surface area contributed by atoms with Gasteiger partial charge in [-0.3, -0.25) is 86.3 Å². The highest BCUT2D eigenvalue weighted by molar-refractivity contribution is 7.98. The molecule has 0 saturated carbocycles. The van der Waals surface area contributed by atoms with E-state index in [9.17, 15) is 122 Å². The number of phenols is 1. The second kappa shape index (κ2) is 54.2. The van der Waals surface area contributed by atoms with Crippen LogP contribution in [-0.2, 0) is 97.5 Å². The molecule has 0 aliphatic rings. The largest absolute Gasteiger partial charge is 0.508 e. The number of nitrogens with one attached hydrogen (secondary N) is 14. The van der Waals surface area contributed by atoms with Gasteiger partial charge in [0.2, 0.25) is 100 Å². The summed E-state index contributed by atoms with van der Waals surface area (Å²) in [7, 11) is 0. The number of aliphatic carboxylic acids is 2. The molecule has 670 valence electrons. The molecule has 0 bridgehead atoms. The summed E-state index contributed by atoms with van der Waals surface area (Å²) in [6.45, 7) is 13.3. The summed E-state index contributed by atoms with van der Waals surface area (Å²) in [6.07, 6.45) is -5.03. The van der Waals surface area contributed by atoms with Crippen molar-refractivity contribution >= 4 is 124 Å². The molecule has 0 aliphatic carbocycles. The Kier molecular flexibility index (Phi) is 48.4. The van der Waals surface area contributed by atoms with E-state index in [0.29, 0.717) is 12.0 Å². The highest BCUT2D eigenvalue weighted by Crippen LogP contribution is 2.17. The van der Waals surface area contributed by atoms with Crippen molar-refractivity contribution in [3.63, 3.8) is 0 Å². The highest BCUT2D eigenvalue weighted by atomic mass is 32.2. The third-order valence-corrected chi connectivity index (χ3v) is 18.7. The van der Waals surface area contributed by atoms with Gasteiger partial charge >= 0.3 is 11.9 Å². The number of rotatable bonds is 58. The van der Waals surface area contributed by atoms with Crippen molar-refractivity contribution in [2.24, 2.45) is 52.3 Å². The van der Waals surface area contributed by atoms with Crippen LogP contribution in [0.15, 0.2) is 24.3 Å². The standard InChI is InChI=1S/C74H123N19O25S/c1-34(2)28-48(67(110)80-38(9)60(103)91-57(36(5)6)72(115)89-50(30-40-15-17-41(97)18-16-40)69(112)83-44(19-22-53(77)98)63(106)82-45(20-23-54(78)99)65(108)92-58(37(7)8)74(117)118)88-73(116)59(39(10)96)93-66(109)46(21-24-55(79)100)84-70(113)51(31-56(101)102)87-64(107)47(25-27-119-11)85-62(105)43(14-12-13-26-75)81-71(114)52(33-95)90-68(111)49(29-35(3)4)86-61(104)42(76)32-94/h15-18,34-39,42-52,57-59,94-97H,12-14,19-33,75-76H2,1-11H3,(H2,77,98)(H2,78,99)(H2,79,100)(H,80,110)(H,81,114)(H,82,106)(H,83,112)(H,84,113)(H,85,105)(H,86,104)(H,87,107)(H,88,116)(H,89,115)(H,90,111)(H,91,103)(H,92,108)(H,93,109)(H,101,102)(H,117,118)/t38-,39+,42-,43-,44-,45-,46-,47-,48-,49-,50-,51-,52-,57-,58-,59-/m0/s1. The normalized spacial score (nSPS) is 15.3. The number of primary amides is 3. The molecule has 17 amide bonds. The average Bonchev–Trinajstić information content (AvgIpc) is 0.852. The first-order valence-electron chi connectivity index (χ1n) is 38.8. The van der Waals surface area contributed by atoms with Crippen molar-refractivity contribution in [2.75, 3.05) is 31.8 Å². The van der Waals surface area contributed by atoms with Crippen molar-refractivity contribution in [3.8, 4) is 5.75 Å². The predicted octanol–water partition coefficient (Wildman–Crippen LogP) is -7.92. The van der Waals surface area contributed by atoms with Crippen LogP contribution in [0, 0.1) is 23.7 Å². The van der Waals surface area contributed by atoms with Gasteiger partial charge in [-0.2, -0.15) is 11.8 Å². The Labute approximate surface area is 693 Å². The molecule has 0 fully saturated rings. The summed E-state index contributed by atoms with van der Waals surface area (Å²) in [4.78, 5) is 256. The number of unbranched alkanes of at least 4 members (excludes halogenated alkanes) is 1. The monoisotopic (exact) mass is 1710 g/mol. The average molecular weight is 1710 g/mol. The minimum atomic E-state index is -2.08. The number of amides is 17. The maximum atomic E-state index is 14.5. The number of carboxylic acid groups (broad SMARTS) is 2. The number of benzene rings is 1. The van der Waals surface area contributed by atoms with E-state index in [1.165, 1.54) is 70.6 Å². The lowest BCUT2D eigenvalue weighted by atomic mass is 9.99. The molecule has 0 unspecified atom stereocenters. The second-order valence-electron chi connectivity index (χ2n) is 30.1. The van der Waals surface area contributed by atoms with Crippen molar-refractivity contribution < 1.29 is 122 Å². The number of aliphatic hydroxyl groups is 3. The van der Waals surface area contributed by atoms with Gasteiger partial charge in [-0.25, -0.2) is 4.79 Å². The van der Waals surface area contributed by atoms with Gasteiger partial charge in [0.1, 0.15) is 96.4 Å². The van der Waals surface area contributed by atoms with Crippen LogP contribution in [0.25, 0.3) is 0 Å². The number of aromatic hydroxyl groups is 1. The lowest BCUT2D eigenvalue weighted by Gasteiger charge is -2.29. The minimum absolute atomic E-state index is 0.0237. The number of nitrogens with two attached hydrogens (primary N) is 5. The van der Waals surface area contributed by atoms with Crippen molar-refractivity contribution in [1.29, 1.82) is 0 Å². The van der Waals surface area contributed by atoms with Crippen LogP contribution in [-0.4, -0.2) is 271 Å². The molecule has 0 spiro atoms. The van der Waals surface area contributed by atoms with Gasteiger partial charge in [-0.1, -0.05) is 67.5 Å². The zero-order valence-corrected chi connectivity index (χ0v) is 69.6. The smallest absolute Gasteiger partial charge is 0.326 e. The summed E-state index contributed by atoms with van der Waals surface area (Å²) in [5.41, 5.74) is 27.8. The summed E-state index contributed by atoms with van der Waals surface area (Å²) in [6, 6.07) is -19.4. The summed E-state index contributed by atoms with van der Waals surface area (Å²) >= 11 is 1.20. The van der Waals surface area contributed by atoms with Crippen molar-refractivity contribution in [2.45, 2.75) is 256 Å². The van der Waals surface area contributed by atoms with Crippen LogP contribution >= 0.6 is 11.8 Å². The molecule has 0 saturated heterocycles. The van der Waals surface area contributed by atoms with Gasteiger partial charge in [0, 0.05) is 25.7 Å². The molecule has 16 atom stereocenters. The Bertz CT molecular complexity index is 3630. The molecule has 45 heteroatoms. The molecule has 30 N–H and O–H groups in total. The second-order valence-corrected chi connectivity index (χ2v) is 31.1. The van der Waals surface area contributed by atoms with Gasteiger partial charge in [-0.15, -0.1) is 0 Å². The Morgan fingerprint density at radius 2 is 0.731 bits per heavy atom. The van der Waals surface area contributed by atoms with Gasteiger partial charge < -0.3 is 134 Å². The molecule has 0 aliphatic heterocycles. The molecule has 1 aromatic rings. The summed E-state index contributed by atoms with van der Waals surface area (Å²) < 4.78 is 0. The van der Waals surface area contributed by atoms with E-state index < -0.39 is 285 Å². The maximum absolute atomic E-state index is 14.5. The van der Waals surface area contributed by atoms with E-state index in [4.69, 9.17) is 28.7 Å². The number of carbonyl (C=O) groups excluding carboxylic acids is 17. The third-order valence-electron chi connectivity index (χ3n) is 18.1. The molecule has 0 aromatic heterocycles. The zero-order chi connectivity index (χ0) is 90.8. The molecule has 1 aromatic carbocycles. The van der Waals surface area contributed by atoms with Crippen LogP contribution in [0.4, 0.5) is 0 Å². The van der Waals surface area contributed by atoms with E-state index in [1.54, 1.807) is 34.0 Å². The van der Waals surface area contributed by atoms with E-state index in [-0.39, 0.29) is 62.5 Å². The summed E-state index contributed by atoms with van der Waals surface area (Å²) in [5.74, 6) is -23.5. The Balaban J connectivity index is 3.63. The number of carboxylic acids is 2. The SMILES string of the molecule is CSCC[C@H](NC(=O)[C@H](CCCCN)NC(=O)[C@H](CO)NC(=O)[C@H](CC(C)C)NC(=O)[C@@H](N)CO)C(=O)N[C@@H](CC(=O)O)C(=O)N[C@@H](CCC(N)=O)C(=O)N[C@H](C(=O)N[C@@H](CC(C)C)C(=O)N[C@@H](C)C(=O)N[C@H](C(=O)N[C@@H](Cc1ccc(O)cc1)C(=O)N[C@@H](CCC(N)=O)C(=O)N[C@@H](CCC(N)=O)C(=O)N[C@H](C(=O)O)C(C)C)C(C)C)[C@@H](C)O. The van der Waals surface area contributed by atoms with E-state index in [1.807, 2.05) is 0 Å². The molecule has 1 rings (SSSR count). The van der Waals surface area contributed by atoms with Crippen LogP contribution in [0.2, 0.25) is 0 Å². The topological polar surface area (TPSA) is 744 Å². The van der Waals surface area contributed by atoms with Gasteiger partial charge in [0.25, 0.3) is 0 Å². The molecule has 44 nitrogen and oxygen atoms in total. The van der Waals surface area contributed by atoms with Crippen molar-refractivity contribution in [1.82, 2.24) is 74.4 Å². The van der Waals surface area contributed by atoms with Crippen LogP contribution in [0.1, 0.15) is 158 Å². The first kappa shape index (κ1) is 106. The molecule has 119 heavy (non-hydrogen) atoms. The van der Waals surface area contributed by atoms with E-state index in [0.717, 1.165) is 6.92 Å². The molecule has 0 heterocycles. The number of carbonyl (C=O) groups is 19. The van der Waals surface area contributed by atoms with Gasteiger partial charge in [0.05, 0.1) is 25.7 Å². The van der Waals surface area contributed by atoms with E-state index >= 15 is 0 Å². The molecular weight excluding hydrogens is 1590 g/mol. The molecule has 0 radical (unpaired) electrons. The number of phenolic OH excluding ortho intramolecular Hbond substituents is 1. The minimum Gasteiger partial charge on any atom is -0.508 e. The predicted molar refractivity (Wildman–Crippen MR) is 428 cm³/mol. The summed E-state index contributed by atoms with van der Waals surface area (Å²) in [5, 5.41) is 93.9. The van der Waals surface area contributed by atoms with Crippen molar-refractivity contribution in [3.05, 3.63) is 29.8 Å². The highest BCUT2D eigenvalue weighted by Gasteiger charge is 2.40. The number of hydrogen-bond acceptors (Lipinski definition) is 26. The quantitative estimate of drug-likeness (QED) is 0.0269. The lowest BCUT2D eigenvalue weighted by Crippen LogP contribution is -2.62. The van der Waals surface area contributed by atoms with Gasteiger partial charge in [-0.05, 0) is 132 Å². The van der Waals surface area contributed by atoms with Gasteiger partial charge in [0.15, 0.2) is 0 Å². The fourth-order valence-corrected chi connectivity index (χ4v) is 11.9. The first-order chi connectivity index (χ1) is 55.6. The number of thioether (sulfide) groups is 1. The first-order valence-corrected chi connectivity index (χ1v) is 40.2. The van der Waals surface area contributed by atoms with Crippen LogP contribution in [0.5, 0.6) is 5.75 Å². The number of hydrogen-bond donors (Lipinski definition) is 25. The zero-order valence-electron chi connectivity index (χ0n) is 68.8. The van der Waals surface area contributed by atoms with Crippen LogP contribution < -0.4 is 103 Å². The fraction of sp³-hybridized carbons (Fsp3) is 0.662. The molecular formula is C74H123N19O25S. The fourth-order valence-electron chi connectivity index (χ4n) is 11.4. The number of aliphatic hydroxyl groups excluding tert-OH is 3. The van der Waals surface area contributed by atoms with E-state index in [2.05, 4.69) is 74.4 Å².